The molecule has 1 heterocycles. The third-order valence-electron chi connectivity index (χ3n) is 2.81. The van der Waals surface area contributed by atoms with Crippen molar-refractivity contribution in [3.63, 3.8) is 0 Å². The average molecular weight is 325 g/mol. The monoisotopic (exact) mass is 324 g/mol. The number of rotatable bonds is 3. The second-order valence-electron chi connectivity index (χ2n) is 4.10. The van der Waals surface area contributed by atoms with E-state index in [1.807, 2.05) is 5.32 Å². The van der Waals surface area contributed by atoms with E-state index in [1.165, 1.54) is 19.2 Å². The molecule has 21 heavy (non-hydrogen) atoms. The molecule has 116 valence electrons. The van der Waals surface area contributed by atoms with Gasteiger partial charge in [0.25, 0.3) is 0 Å². The van der Waals surface area contributed by atoms with E-state index in [9.17, 15) is 23.7 Å². The minimum Gasteiger partial charge on any atom is -0.490 e. The van der Waals surface area contributed by atoms with Gasteiger partial charge in [0, 0.05) is 6.07 Å². The Morgan fingerprint density at radius 3 is 2.76 bits per heavy atom. The van der Waals surface area contributed by atoms with Crippen LogP contribution in [0, 0.1) is 10.1 Å². The molecule has 0 saturated carbocycles. The predicted molar refractivity (Wildman–Crippen MR) is 69.1 cm³/mol. The molecule has 1 atom stereocenters. The van der Waals surface area contributed by atoms with Gasteiger partial charge in [-0.3, -0.25) is 10.1 Å². The highest BCUT2D eigenvalue weighted by atomic mass is 35.5. The zero-order valence-electron chi connectivity index (χ0n) is 10.7. The Balaban J connectivity index is 0.00000220. The number of nitrogens with one attached hydrogen (secondary N) is 1. The number of carbonyl (C=O) groups excluding carboxylic acids is 1. The zero-order valence-corrected chi connectivity index (χ0v) is 11.5. The molecule has 2 rings (SSSR count). The first-order chi connectivity index (χ1) is 9.35. The van der Waals surface area contributed by atoms with Crippen LogP contribution in [0.15, 0.2) is 18.2 Å². The molecule has 1 aromatic carbocycles. The molecule has 10 heteroatoms. The highest BCUT2D eigenvalue weighted by molar-refractivity contribution is 5.85. The number of nitro groups is 1. The minimum atomic E-state index is -3.36. The zero-order chi connectivity index (χ0) is 14.9. The van der Waals surface area contributed by atoms with Crippen molar-refractivity contribution in [2.24, 2.45) is 0 Å². The van der Waals surface area contributed by atoms with Crippen molar-refractivity contribution in [3.8, 4) is 5.75 Å². The molecular formula is C11H11ClF2N2O5. The summed E-state index contributed by atoms with van der Waals surface area (Å²) in [5.41, 5.74) is -0.555. The molecule has 1 amide bonds. The summed E-state index contributed by atoms with van der Waals surface area (Å²) in [5.74, 6) is -3.42. The summed E-state index contributed by atoms with van der Waals surface area (Å²) in [5, 5.41) is 12.8. The van der Waals surface area contributed by atoms with E-state index in [0.717, 1.165) is 6.07 Å². The van der Waals surface area contributed by atoms with Gasteiger partial charge in [0.15, 0.2) is 12.4 Å². The molecule has 1 aliphatic heterocycles. The fourth-order valence-electron chi connectivity index (χ4n) is 1.87. The second kappa shape index (κ2) is 6.08. The van der Waals surface area contributed by atoms with Crippen LogP contribution >= 0.6 is 12.4 Å². The molecule has 7 nitrogen and oxygen atoms in total. The molecule has 1 aliphatic rings. The van der Waals surface area contributed by atoms with E-state index in [4.69, 9.17) is 4.74 Å². The van der Waals surface area contributed by atoms with Crippen LogP contribution in [0.3, 0.4) is 0 Å². The van der Waals surface area contributed by atoms with E-state index in [-0.39, 0.29) is 23.7 Å². The lowest BCUT2D eigenvalue weighted by molar-refractivity contribution is -0.385. The minimum absolute atomic E-state index is 0. The Labute approximate surface area is 123 Å². The first kappa shape index (κ1) is 16.9. The van der Waals surface area contributed by atoms with Crippen molar-refractivity contribution >= 4 is 24.2 Å². The summed E-state index contributed by atoms with van der Waals surface area (Å²) in [6.45, 7) is -1.08. The van der Waals surface area contributed by atoms with Gasteiger partial charge < -0.3 is 14.8 Å². The highest BCUT2D eigenvalue weighted by Crippen LogP contribution is 2.37. The standard InChI is InChI=1S/C11H10F2N2O5.ClH/c1-19-8-3-2-6(4-7(8)15(17)18)9-11(12,13)5-20-10(16)14-9;/h2-4,9H,5H2,1H3,(H,14,16);1H/t9-;/m0./s1. The van der Waals surface area contributed by atoms with E-state index in [1.54, 1.807) is 0 Å². The van der Waals surface area contributed by atoms with Gasteiger partial charge in [-0.05, 0) is 11.6 Å². The van der Waals surface area contributed by atoms with E-state index in [2.05, 4.69) is 4.74 Å². The number of alkyl halides is 2. The van der Waals surface area contributed by atoms with E-state index in [0.29, 0.717) is 0 Å². The Kier molecular flexibility index (Phi) is 4.89. The number of nitrogens with zero attached hydrogens (tertiary/aromatic N) is 1. The lowest BCUT2D eigenvalue weighted by Gasteiger charge is -2.31. The summed E-state index contributed by atoms with van der Waals surface area (Å²) < 4.78 is 36.4. The normalized spacial score (nSPS) is 19.8. The molecule has 1 aromatic rings. The molecule has 0 bridgehead atoms. The van der Waals surface area contributed by atoms with Crippen molar-refractivity contribution in [2.45, 2.75) is 12.0 Å². The lowest BCUT2D eigenvalue weighted by atomic mass is 9.99. The summed E-state index contributed by atoms with van der Waals surface area (Å²) in [4.78, 5) is 21.2. The Morgan fingerprint density at radius 2 is 2.19 bits per heavy atom. The maximum atomic E-state index is 13.7. The maximum Gasteiger partial charge on any atom is 0.408 e. The van der Waals surface area contributed by atoms with E-state index < -0.39 is 35.3 Å². The fraction of sp³-hybridized carbons (Fsp3) is 0.364. The van der Waals surface area contributed by atoms with Crippen LogP contribution in [0.1, 0.15) is 11.6 Å². The van der Waals surface area contributed by atoms with Crippen molar-refractivity contribution in [2.75, 3.05) is 13.7 Å². The largest absolute Gasteiger partial charge is 0.490 e. The number of nitro benzene ring substituents is 1. The number of carbonyl (C=O) groups is 1. The van der Waals surface area contributed by atoms with Crippen LogP contribution in [0.25, 0.3) is 0 Å². The third-order valence-corrected chi connectivity index (χ3v) is 2.81. The van der Waals surface area contributed by atoms with Crippen molar-refractivity contribution < 1.29 is 28.0 Å². The molecular weight excluding hydrogens is 314 g/mol. The van der Waals surface area contributed by atoms with Gasteiger partial charge in [0.2, 0.25) is 0 Å². The van der Waals surface area contributed by atoms with Crippen molar-refractivity contribution in [1.29, 1.82) is 0 Å². The summed E-state index contributed by atoms with van der Waals surface area (Å²) in [6.07, 6.45) is -1.00. The Bertz CT molecular complexity index is 570. The number of cyclic esters (lactones) is 1. The third kappa shape index (κ3) is 3.30. The van der Waals surface area contributed by atoms with Crippen LogP contribution in [0.2, 0.25) is 0 Å². The first-order valence-corrected chi connectivity index (χ1v) is 5.48. The summed E-state index contributed by atoms with van der Waals surface area (Å²) in [7, 11) is 1.23. The van der Waals surface area contributed by atoms with Gasteiger partial charge in [-0.1, -0.05) is 6.07 Å². The SMILES string of the molecule is COc1ccc([C@@H]2NC(=O)OCC2(F)F)cc1[N+](=O)[O-].Cl. The molecule has 0 unspecified atom stereocenters. The molecule has 1 N–H and O–H groups in total. The quantitative estimate of drug-likeness (QED) is 0.681. The number of hydrogen-bond donors (Lipinski definition) is 1. The Hall–Kier alpha value is -2.16. The topological polar surface area (TPSA) is 90.7 Å². The number of alkyl carbamates (subject to hydrolysis) is 1. The van der Waals surface area contributed by atoms with Gasteiger partial charge in [-0.25, -0.2) is 13.6 Å². The van der Waals surface area contributed by atoms with Gasteiger partial charge >= 0.3 is 17.7 Å². The number of halogens is 3. The molecule has 0 aliphatic carbocycles. The second-order valence-corrected chi connectivity index (χ2v) is 4.10. The van der Waals surface area contributed by atoms with Crippen molar-refractivity contribution in [1.82, 2.24) is 5.32 Å². The number of benzene rings is 1. The van der Waals surface area contributed by atoms with Gasteiger partial charge in [0.1, 0.15) is 6.04 Å². The first-order valence-electron chi connectivity index (χ1n) is 5.48. The van der Waals surface area contributed by atoms with Crippen LogP contribution < -0.4 is 10.1 Å². The number of ether oxygens (including phenoxy) is 2. The summed E-state index contributed by atoms with van der Waals surface area (Å²) >= 11 is 0. The van der Waals surface area contributed by atoms with Gasteiger partial charge in [-0.2, -0.15) is 0 Å². The highest BCUT2D eigenvalue weighted by Gasteiger charge is 2.47. The van der Waals surface area contributed by atoms with Gasteiger partial charge in [-0.15, -0.1) is 12.4 Å². The smallest absolute Gasteiger partial charge is 0.408 e. The average Bonchev–Trinajstić information content (AvgIpc) is 2.40. The fourth-order valence-corrected chi connectivity index (χ4v) is 1.87. The molecule has 0 radical (unpaired) electrons. The predicted octanol–water partition coefficient (Wildman–Crippen LogP) is 2.44. The number of hydrogen-bond acceptors (Lipinski definition) is 5. The number of methoxy groups -OCH3 is 1. The van der Waals surface area contributed by atoms with Crippen LogP contribution in [0.4, 0.5) is 19.3 Å². The van der Waals surface area contributed by atoms with E-state index >= 15 is 0 Å². The van der Waals surface area contributed by atoms with Crippen molar-refractivity contribution in [3.05, 3.63) is 33.9 Å². The lowest BCUT2D eigenvalue weighted by Crippen LogP contribution is -2.49. The van der Waals surface area contributed by atoms with Gasteiger partial charge in [0.05, 0.1) is 12.0 Å². The van der Waals surface area contributed by atoms with Crippen LogP contribution in [-0.4, -0.2) is 30.7 Å². The van der Waals surface area contributed by atoms with Crippen LogP contribution in [-0.2, 0) is 4.74 Å². The maximum absolute atomic E-state index is 13.7. The molecule has 0 spiro atoms. The Morgan fingerprint density at radius 1 is 1.52 bits per heavy atom. The molecule has 1 saturated heterocycles. The number of amides is 1. The van der Waals surface area contributed by atoms with Crippen LogP contribution in [0.5, 0.6) is 5.75 Å². The molecule has 1 fully saturated rings. The molecule has 0 aromatic heterocycles. The summed E-state index contributed by atoms with van der Waals surface area (Å²) in [6, 6.07) is 1.69.